The molecule has 0 bridgehead atoms. The van der Waals surface area contributed by atoms with E-state index in [-0.39, 0.29) is 18.4 Å². The lowest BCUT2D eigenvalue weighted by molar-refractivity contribution is -0.156. The zero-order chi connectivity index (χ0) is 14.9. The number of amides is 2. The van der Waals surface area contributed by atoms with E-state index >= 15 is 0 Å². The van der Waals surface area contributed by atoms with Gasteiger partial charge < -0.3 is 21.5 Å². The molecular weight excluding hydrogens is 238 g/mol. The number of primary amides is 1. The Morgan fingerprint density at radius 1 is 1.22 bits per heavy atom. The molecule has 0 aliphatic carbocycles. The summed E-state index contributed by atoms with van der Waals surface area (Å²) in [4.78, 5) is 31.0. The Hall–Kier alpha value is -1.63. The predicted molar refractivity (Wildman–Crippen MR) is 67.4 cm³/mol. The molecule has 7 nitrogen and oxygen atoms in total. The second-order valence-electron chi connectivity index (χ2n) is 4.69. The van der Waals surface area contributed by atoms with Crippen LogP contribution in [0.15, 0.2) is 0 Å². The van der Waals surface area contributed by atoms with E-state index in [9.17, 15) is 14.4 Å². The van der Waals surface area contributed by atoms with Crippen LogP contribution in [0.1, 0.15) is 34.6 Å². The number of hydrogen-bond donors (Lipinski definition) is 3. The highest BCUT2D eigenvalue weighted by Crippen LogP contribution is 2.07. The van der Waals surface area contributed by atoms with Gasteiger partial charge in [-0.15, -0.1) is 0 Å². The van der Waals surface area contributed by atoms with Gasteiger partial charge in [-0.3, -0.25) is 14.4 Å². The van der Waals surface area contributed by atoms with Crippen molar-refractivity contribution in [3.05, 3.63) is 0 Å². The lowest BCUT2D eigenvalue weighted by Crippen LogP contribution is -2.45. The van der Waals surface area contributed by atoms with E-state index < -0.39 is 17.6 Å². The second-order valence-corrected chi connectivity index (χ2v) is 4.69. The summed E-state index contributed by atoms with van der Waals surface area (Å²) in [6, 6.07) is -0.807. The van der Waals surface area contributed by atoms with Crippen LogP contribution < -0.4 is 16.8 Å². The summed E-state index contributed by atoms with van der Waals surface area (Å²) in [6.07, 6.45) is 0. The van der Waals surface area contributed by atoms with Crippen molar-refractivity contribution in [2.75, 3.05) is 6.54 Å². The van der Waals surface area contributed by atoms with Gasteiger partial charge in [-0.1, -0.05) is 0 Å². The summed E-state index contributed by atoms with van der Waals surface area (Å²) in [7, 11) is 0. The zero-order valence-corrected chi connectivity index (χ0v) is 11.6. The normalized spacial score (nSPS) is 11.7. The maximum absolute atomic E-state index is 11.3. The van der Waals surface area contributed by atoms with Gasteiger partial charge in [0, 0.05) is 20.4 Å². The van der Waals surface area contributed by atoms with Crippen molar-refractivity contribution in [3.63, 3.8) is 0 Å². The molecule has 1 atom stereocenters. The third kappa shape index (κ3) is 16.8. The molecule has 0 aromatic heterocycles. The van der Waals surface area contributed by atoms with Gasteiger partial charge in [-0.05, 0) is 20.8 Å². The largest absolute Gasteiger partial charge is 0.459 e. The lowest BCUT2D eigenvalue weighted by atomic mass is 10.2. The number of carbonyl (C=O) groups excluding carboxylic acids is 3. The third-order valence-electron chi connectivity index (χ3n) is 1.28. The van der Waals surface area contributed by atoms with Crippen molar-refractivity contribution in [1.82, 2.24) is 5.32 Å². The molecule has 1 unspecified atom stereocenters. The van der Waals surface area contributed by atoms with Crippen LogP contribution in [0.25, 0.3) is 0 Å². The molecule has 0 fully saturated rings. The van der Waals surface area contributed by atoms with Crippen LogP contribution in [-0.2, 0) is 19.1 Å². The van der Waals surface area contributed by atoms with Crippen LogP contribution in [0.3, 0.4) is 0 Å². The third-order valence-corrected chi connectivity index (χ3v) is 1.28. The second kappa shape index (κ2) is 8.46. The van der Waals surface area contributed by atoms with Crippen LogP contribution in [-0.4, -0.2) is 36.0 Å². The minimum atomic E-state index is -0.807. The number of carbonyl (C=O) groups is 3. The Kier molecular flexibility index (Phi) is 8.80. The van der Waals surface area contributed by atoms with Gasteiger partial charge in [0.05, 0.1) is 0 Å². The van der Waals surface area contributed by atoms with Gasteiger partial charge in [0.2, 0.25) is 11.8 Å². The van der Waals surface area contributed by atoms with Gasteiger partial charge in [0.15, 0.2) is 0 Å². The van der Waals surface area contributed by atoms with Crippen LogP contribution in [0, 0.1) is 0 Å². The van der Waals surface area contributed by atoms with Crippen molar-refractivity contribution in [2.45, 2.75) is 46.3 Å². The first-order chi connectivity index (χ1) is 7.95. The predicted octanol–water partition coefficient (Wildman–Crippen LogP) is -0.717. The van der Waals surface area contributed by atoms with E-state index in [4.69, 9.17) is 10.5 Å². The number of ether oxygens (including phenoxy) is 1. The average Bonchev–Trinajstić information content (AvgIpc) is 2.10. The smallest absolute Gasteiger partial charge is 0.325 e. The summed E-state index contributed by atoms with van der Waals surface area (Å²) < 4.78 is 5.02. The van der Waals surface area contributed by atoms with Crippen molar-refractivity contribution < 1.29 is 19.1 Å². The highest BCUT2D eigenvalue weighted by atomic mass is 16.6. The quantitative estimate of drug-likeness (QED) is 0.578. The molecular formula is C11H23N3O4. The SMILES string of the molecule is CC(=O)NCC(N)C(=O)OC(C)(C)C.CC(N)=O. The van der Waals surface area contributed by atoms with Gasteiger partial charge in [0.25, 0.3) is 0 Å². The Morgan fingerprint density at radius 2 is 1.61 bits per heavy atom. The standard InChI is InChI=1S/C9H18N2O3.C2H5NO/c1-6(12)11-5-7(10)8(13)14-9(2,3)4;1-2(3)4/h7H,5,10H2,1-4H3,(H,11,12);1H3,(H2,3,4). The number of nitrogens with two attached hydrogens (primary N) is 2. The lowest BCUT2D eigenvalue weighted by Gasteiger charge is -2.22. The molecule has 7 heteroatoms. The van der Waals surface area contributed by atoms with Crippen LogP contribution in [0.2, 0.25) is 0 Å². The number of rotatable bonds is 3. The van der Waals surface area contributed by atoms with E-state index in [0.29, 0.717) is 0 Å². The fourth-order valence-electron chi connectivity index (χ4n) is 0.714. The molecule has 2 amide bonds. The number of hydrogen-bond acceptors (Lipinski definition) is 5. The topological polar surface area (TPSA) is 125 Å². The highest BCUT2D eigenvalue weighted by molar-refractivity contribution is 5.78. The fraction of sp³-hybridized carbons (Fsp3) is 0.727. The van der Waals surface area contributed by atoms with Crippen molar-refractivity contribution >= 4 is 17.8 Å². The molecule has 0 saturated carbocycles. The van der Waals surface area contributed by atoms with E-state index in [0.717, 1.165) is 0 Å². The van der Waals surface area contributed by atoms with Gasteiger partial charge >= 0.3 is 5.97 Å². The molecule has 0 aromatic carbocycles. The van der Waals surface area contributed by atoms with Crippen molar-refractivity contribution in [1.29, 1.82) is 0 Å². The molecule has 0 spiro atoms. The monoisotopic (exact) mass is 261 g/mol. The molecule has 0 aromatic rings. The fourth-order valence-corrected chi connectivity index (χ4v) is 0.714. The Balaban J connectivity index is 0. The zero-order valence-electron chi connectivity index (χ0n) is 11.6. The van der Waals surface area contributed by atoms with Gasteiger partial charge in [-0.25, -0.2) is 0 Å². The molecule has 0 aliphatic rings. The number of esters is 1. The molecule has 0 heterocycles. The maximum Gasteiger partial charge on any atom is 0.325 e. The molecule has 106 valence electrons. The average molecular weight is 261 g/mol. The molecule has 0 radical (unpaired) electrons. The minimum Gasteiger partial charge on any atom is -0.459 e. The summed E-state index contributed by atoms with van der Waals surface area (Å²) in [5.74, 6) is -1.06. The summed E-state index contributed by atoms with van der Waals surface area (Å²) in [5, 5.41) is 2.45. The minimum absolute atomic E-state index is 0.101. The molecule has 0 rings (SSSR count). The van der Waals surface area contributed by atoms with Gasteiger partial charge in [-0.2, -0.15) is 0 Å². The Morgan fingerprint density at radius 3 is 1.89 bits per heavy atom. The Labute approximate surface area is 107 Å². The first-order valence-electron chi connectivity index (χ1n) is 5.44. The molecule has 5 N–H and O–H groups in total. The van der Waals surface area contributed by atoms with Crippen LogP contribution in [0.5, 0.6) is 0 Å². The van der Waals surface area contributed by atoms with E-state index in [1.165, 1.54) is 13.8 Å². The molecule has 18 heavy (non-hydrogen) atoms. The van der Waals surface area contributed by atoms with Gasteiger partial charge in [0.1, 0.15) is 11.6 Å². The van der Waals surface area contributed by atoms with E-state index in [2.05, 4.69) is 11.1 Å². The van der Waals surface area contributed by atoms with E-state index in [1.807, 2.05) is 0 Å². The summed E-state index contributed by atoms with van der Waals surface area (Å²) in [5.41, 5.74) is 9.40. The van der Waals surface area contributed by atoms with Crippen LogP contribution >= 0.6 is 0 Å². The van der Waals surface area contributed by atoms with Crippen LogP contribution in [0.4, 0.5) is 0 Å². The van der Waals surface area contributed by atoms with Crippen molar-refractivity contribution in [2.24, 2.45) is 11.5 Å². The molecule has 0 saturated heterocycles. The first-order valence-corrected chi connectivity index (χ1v) is 5.44. The Bertz CT molecular complexity index is 293. The van der Waals surface area contributed by atoms with Crippen molar-refractivity contribution in [3.8, 4) is 0 Å². The molecule has 0 aliphatic heterocycles. The van der Waals surface area contributed by atoms with E-state index in [1.54, 1.807) is 20.8 Å². The maximum atomic E-state index is 11.3. The summed E-state index contributed by atoms with van der Waals surface area (Å²) >= 11 is 0. The first kappa shape index (κ1) is 18.7. The highest BCUT2D eigenvalue weighted by Gasteiger charge is 2.21. The summed E-state index contributed by atoms with van der Waals surface area (Å²) in [6.45, 7) is 8.05. The number of nitrogens with one attached hydrogen (secondary N) is 1.